The third kappa shape index (κ3) is 9.50. The molecule has 5 heteroatoms. The van der Waals surface area contributed by atoms with Crippen LogP contribution in [0.2, 0.25) is 0 Å². The first-order valence-corrected chi connectivity index (χ1v) is 8.70. The maximum absolute atomic E-state index is 11.7. The molecule has 0 heterocycles. The molecule has 0 bridgehead atoms. The van der Waals surface area contributed by atoms with Crippen LogP contribution in [0.1, 0.15) is 26.3 Å². The zero-order valence-corrected chi connectivity index (χ0v) is 14.6. The summed E-state index contributed by atoms with van der Waals surface area (Å²) in [4.78, 5) is 0.183. The topological polar surface area (TPSA) is 52.6 Å². The molecule has 0 spiro atoms. The number of rotatable bonds is 7. The van der Waals surface area contributed by atoms with Gasteiger partial charge < -0.3 is 4.74 Å². The fourth-order valence-electron chi connectivity index (χ4n) is 1.35. The summed E-state index contributed by atoms with van der Waals surface area (Å²) in [5.41, 5.74) is 1.01. The molecule has 0 unspecified atom stereocenters. The molecule has 0 amide bonds. The third-order valence-electron chi connectivity index (χ3n) is 2.48. The number of hydrogen-bond donors (Lipinski definition) is 0. The minimum absolute atomic E-state index is 0.0422. The molecule has 0 fully saturated rings. The Labute approximate surface area is 134 Å². The van der Waals surface area contributed by atoms with Gasteiger partial charge >= 0.3 is 0 Å². The fraction of sp³-hybridized carbons (Fsp3) is 0.412. The van der Waals surface area contributed by atoms with Crippen molar-refractivity contribution in [3.05, 3.63) is 54.1 Å². The van der Waals surface area contributed by atoms with Gasteiger partial charge in [-0.25, -0.2) is 0 Å². The largest absolute Gasteiger partial charge is 0.382 e. The number of aryl methyl sites for hydroxylation is 1. The molecule has 0 atom stereocenters. The van der Waals surface area contributed by atoms with Gasteiger partial charge in [0, 0.05) is 13.2 Å². The molecule has 1 aromatic carbocycles. The van der Waals surface area contributed by atoms with Crippen LogP contribution in [0.4, 0.5) is 0 Å². The van der Waals surface area contributed by atoms with Gasteiger partial charge in [0.2, 0.25) is 0 Å². The Bertz CT molecular complexity index is 541. The summed E-state index contributed by atoms with van der Waals surface area (Å²) >= 11 is 0. The molecule has 0 aliphatic rings. The Morgan fingerprint density at radius 1 is 1.05 bits per heavy atom. The molecule has 0 aromatic heterocycles. The van der Waals surface area contributed by atoms with Crippen LogP contribution in [0.5, 0.6) is 0 Å². The summed E-state index contributed by atoms with van der Waals surface area (Å²) in [5.74, 6) is 0. The van der Waals surface area contributed by atoms with Gasteiger partial charge in [0.1, 0.15) is 0 Å². The molecule has 0 aliphatic carbocycles. The minimum atomic E-state index is -3.64. The van der Waals surface area contributed by atoms with Crippen molar-refractivity contribution in [1.29, 1.82) is 0 Å². The molecule has 0 saturated carbocycles. The van der Waals surface area contributed by atoms with Gasteiger partial charge in [-0.15, -0.1) is 0 Å². The molecule has 1 rings (SSSR count). The number of allylic oxidation sites excluding steroid dienone is 3. The third-order valence-corrected chi connectivity index (χ3v) is 3.77. The van der Waals surface area contributed by atoms with Crippen LogP contribution in [0.3, 0.4) is 0 Å². The highest BCUT2D eigenvalue weighted by Gasteiger charge is 2.13. The molecule has 0 N–H and O–H groups in total. The van der Waals surface area contributed by atoms with Crippen molar-refractivity contribution in [3.63, 3.8) is 0 Å². The van der Waals surface area contributed by atoms with Crippen molar-refractivity contribution in [3.8, 4) is 0 Å². The van der Waals surface area contributed by atoms with Crippen molar-refractivity contribution in [2.24, 2.45) is 0 Å². The number of benzene rings is 1. The molecular weight excluding hydrogens is 300 g/mol. The maximum atomic E-state index is 11.7. The lowest BCUT2D eigenvalue weighted by molar-refractivity contribution is 0.162. The van der Waals surface area contributed by atoms with Crippen molar-refractivity contribution in [1.82, 2.24) is 0 Å². The molecule has 4 nitrogen and oxygen atoms in total. The summed E-state index contributed by atoms with van der Waals surface area (Å²) < 4.78 is 33.1. The summed E-state index contributed by atoms with van der Waals surface area (Å²) in [6.45, 7) is 9.49. The number of ether oxygens (including phenoxy) is 1. The Balaban J connectivity index is 0.000000763. The van der Waals surface area contributed by atoms with Gasteiger partial charge in [-0.3, -0.25) is 4.18 Å². The molecule has 124 valence electrons. The van der Waals surface area contributed by atoms with E-state index in [9.17, 15) is 8.42 Å². The van der Waals surface area contributed by atoms with Gasteiger partial charge in [-0.05, 0) is 39.8 Å². The highest BCUT2D eigenvalue weighted by atomic mass is 32.2. The Morgan fingerprint density at radius 3 is 2.09 bits per heavy atom. The van der Waals surface area contributed by atoms with E-state index in [0.717, 1.165) is 18.8 Å². The van der Waals surface area contributed by atoms with Gasteiger partial charge in [-0.2, -0.15) is 8.42 Å². The van der Waals surface area contributed by atoms with Crippen LogP contribution in [-0.2, 0) is 19.0 Å². The van der Waals surface area contributed by atoms with Gasteiger partial charge in [-0.1, -0.05) is 42.0 Å². The highest BCUT2D eigenvalue weighted by molar-refractivity contribution is 7.86. The zero-order valence-electron chi connectivity index (χ0n) is 13.8. The normalized spacial score (nSPS) is 11.6. The van der Waals surface area contributed by atoms with Crippen LogP contribution in [-0.4, -0.2) is 28.2 Å². The quantitative estimate of drug-likeness (QED) is 0.564. The van der Waals surface area contributed by atoms with Crippen molar-refractivity contribution in [2.45, 2.75) is 32.6 Å². The van der Waals surface area contributed by atoms with E-state index in [1.165, 1.54) is 0 Å². The maximum Gasteiger partial charge on any atom is 0.297 e. The monoisotopic (exact) mass is 326 g/mol. The predicted octanol–water partition coefficient (Wildman–Crippen LogP) is 3.88. The number of hydrogen-bond acceptors (Lipinski definition) is 4. The first-order valence-electron chi connectivity index (χ1n) is 7.29. The zero-order chi connectivity index (χ0) is 16.8. The van der Waals surface area contributed by atoms with Crippen molar-refractivity contribution < 1.29 is 17.3 Å². The van der Waals surface area contributed by atoms with Crippen molar-refractivity contribution >= 4 is 10.1 Å². The molecule has 22 heavy (non-hydrogen) atoms. The first-order chi connectivity index (χ1) is 10.5. The van der Waals surface area contributed by atoms with E-state index in [4.69, 9.17) is 8.92 Å². The van der Waals surface area contributed by atoms with Crippen LogP contribution in [0.15, 0.2) is 53.5 Å². The first kappa shape index (κ1) is 20.6. The molecule has 0 saturated heterocycles. The average Bonchev–Trinajstić information content (AvgIpc) is 2.49. The fourth-order valence-corrected chi connectivity index (χ4v) is 2.21. The smallest absolute Gasteiger partial charge is 0.297 e. The standard InChI is InChI=1S/C13H16O3S.C4H10O/c1-3-4-5-6-11-16-17(14,15)13-9-7-12(2)8-10-13;1-3-5-4-2/h3-10H,11H2,1-2H3;3-4H2,1-2H3/b4-3+,6-5+;. The predicted molar refractivity (Wildman–Crippen MR) is 90.4 cm³/mol. The Morgan fingerprint density at radius 2 is 1.64 bits per heavy atom. The van der Waals surface area contributed by atoms with E-state index >= 15 is 0 Å². The Hall–Kier alpha value is -1.43. The second-order valence-electron chi connectivity index (χ2n) is 4.29. The molecule has 1 aromatic rings. The van der Waals surface area contributed by atoms with E-state index < -0.39 is 10.1 Å². The summed E-state index contributed by atoms with van der Waals surface area (Å²) in [6.07, 6.45) is 7.04. The summed E-state index contributed by atoms with van der Waals surface area (Å²) in [5, 5.41) is 0. The SMILES string of the molecule is C/C=C/C=C/COS(=O)(=O)c1ccc(C)cc1.CCOCC. The lowest BCUT2D eigenvalue weighted by Crippen LogP contribution is -2.06. The van der Waals surface area contributed by atoms with Gasteiger partial charge in [0.05, 0.1) is 11.5 Å². The average molecular weight is 326 g/mol. The summed E-state index contributed by atoms with van der Waals surface area (Å²) in [6, 6.07) is 6.57. The van der Waals surface area contributed by atoms with E-state index in [1.807, 2.05) is 39.8 Å². The van der Waals surface area contributed by atoms with E-state index in [2.05, 4.69) is 0 Å². The lowest BCUT2D eigenvalue weighted by atomic mass is 10.2. The van der Waals surface area contributed by atoms with Gasteiger partial charge in [0.15, 0.2) is 0 Å². The van der Waals surface area contributed by atoms with Crippen LogP contribution in [0.25, 0.3) is 0 Å². The lowest BCUT2D eigenvalue weighted by Gasteiger charge is -2.03. The molecular formula is C17H26O4S. The summed E-state index contributed by atoms with van der Waals surface area (Å²) in [7, 11) is -3.64. The molecule has 0 radical (unpaired) electrons. The van der Waals surface area contributed by atoms with Gasteiger partial charge in [0.25, 0.3) is 10.1 Å². The van der Waals surface area contributed by atoms with Crippen LogP contribution in [0, 0.1) is 6.92 Å². The highest BCUT2D eigenvalue weighted by Crippen LogP contribution is 2.12. The second-order valence-corrected chi connectivity index (χ2v) is 5.90. The second kappa shape index (κ2) is 12.1. The molecule has 0 aliphatic heterocycles. The van der Waals surface area contributed by atoms with Crippen LogP contribution >= 0.6 is 0 Å². The Kier molecular flexibility index (Phi) is 11.4. The van der Waals surface area contributed by atoms with E-state index in [0.29, 0.717) is 0 Å². The van der Waals surface area contributed by atoms with Crippen LogP contribution < -0.4 is 0 Å². The van der Waals surface area contributed by atoms with E-state index in [-0.39, 0.29) is 11.5 Å². The van der Waals surface area contributed by atoms with Crippen molar-refractivity contribution in [2.75, 3.05) is 19.8 Å². The minimum Gasteiger partial charge on any atom is -0.382 e. The van der Waals surface area contributed by atoms with E-state index in [1.54, 1.807) is 36.4 Å².